The second kappa shape index (κ2) is 4.96. The lowest BCUT2D eigenvalue weighted by Crippen LogP contribution is -2.35. The Morgan fingerprint density at radius 1 is 1.22 bits per heavy atom. The minimum Gasteiger partial charge on any atom is -0.398 e. The van der Waals surface area contributed by atoms with Crippen LogP contribution in [0.2, 0.25) is 0 Å². The minimum atomic E-state index is -3.52. The summed E-state index contributed by atoms with van der Waals surface area (Å²) in [5.74, 6) is 0. The number of piperidine rings is 1. The summed E-state index contributed by atoms with van der Waals surface area (Å²) in [6.07, 6.45) is 2.83. The third-order valence-corrected chi connectivity index (χ3v) is 5.04. The maximum Gasteiger partial charge on any atom is 0.245 e. The Labute approximate surface area is 107 Å². The third kappa shape index (κ3) is 2.33. The summed E-state index contributed by atoms with van der Waals surface area (Å²) in [6.45, 7) is 1.09. The molecule has 1 aliphatic rings. The van der Waals surface area contributed by atoms with Crippen molar-refractivity contribution in [3.05, 3.63) is 23.8 Å². The SMILES string of the molecule is N#Cc1ccc(S(=O)(=O)N2CCCCC2)c(N)c1. The van der Waals surface area contributed by atoms with E-state index in [0.29, 0.717) is 18.7 Å². The van der Waals surface area contributed by atoms with Gasteiger partial charge in [-0.15, -0.1) is 0 Å². The molecule has 1 aliphatic heterocycles. The van der Waals surface area contributed by atoms with Crippen LogP contribution in [-0.4, -0.2) is 25.8 Å². The van der Waals surface area contributed by atoms with Crippen LogP contribution < -0.4 is 5.73 Å². The summed E-state index contributed by atoms with van der Waals surface area (Å²) in [5, 5.41) is 8.74. The van der Waals surface area contributed by atoms with E-state index in [0.717, 1.165) is 19.3 Å². The van der Waals surface area contributed by atoms with Crippen molar-refractivity contribution in [3.8, 4) is 6.07 Å². The van der Waals surface area contributed by atoms with Gasteiger partial charge in [-0.3, -0.25) is 0 Å². The van der Waals surface area contributed by atoms with E-state index in [9.17, 15) is 8.42 Å². The summed E-state index contributed by atoms with van der Waals surface area (Å²) in [4.78, 5) is 0.100. The van der Waals surface area contributed by atoms with Gasteiger partial charge in [0.2, 0.25) is 10.0 Å². The van der Waals surface area contributed by atoms with Gasteiger partial charge >= 0.3 is 0 Å². The minimum absolute atomic E-state index is 0.100. The van der Waals surface area contributed by atoms with Gasteiger partial charge in [0, 0.05) is 13.1 Å². The molecule has 0 bridgehead atoms. The van der Waals surface area contributed by atoms with Crippen LogP contribution in [0.5, 0.6) is 0 Å². The van der Waals surface area contributed by atoms with E-state index < -0.39 is 10.0 Å². The number of hydrogen-bond acceptors (Lipinski definition) is 4. The zero-order chi connectivity index (χ0) is 13.2. The first kappa shape index (κ1) is 12.9. The zero-order valence-electron chi connectivity index (χ0n) is 9.96. The number of benzene rings is 1. The van der Waals surface area contributed by atoms with Crippen LogP contribution in [0.3, 0.4) is 0 Å². The fourth-order valence-electron chi connectivity index (χ4n) is 2.10. The van der Waals surface area contributed by atoms with Crippen molar-refractivity contribution in [1.29, 1.82) is 5.26 Å². The first-order valence-corrected chi connectivity index (χ1v) is 7.29. The first-order chi connectivity index (χ1) is 8.55. The lowest BCUT2D eigenvalue weighted by molar-refractivity contribution is 0.347. The van der Waals surface area contributed by atoms with Crippen LogP contribution in [-0.2, 0) is 10.0 Å². The molecule has 18 heavy (non-hydrogen) atoms. The van der Waals surface area contributed by atoms with E-state index in [4.69, 9.17) is 11.0 Å². The van der Waals surface area contributed by atoms with E-state index in [-0.39, 0.29) is 10.6 Å². The summed E-state index contributed by atoms with van der Waals surface area (Å²) in [6, 6.07) is 6.23. The quantitative estimate of drug-likeness (QED) is 0.817. The fraction of sp³-hybridized carbons (Fsp3) is 0.417. The molecule has 0 atom stereocenters. The van der Waals surface area contributed by atoms with Gasteiger partial charge in [-0.25, -0.2) is 8.42 Å². The highest BCUT2D eigenvalue weighted by Gasteiger charge is 2.27. The van der Waals surface area contributed by atoms with Gasteiger partial charge in [0.25, 0.3) is 0 Å². The number of anilines is 1. The van der Waals surface area contributed by atoms with Crippen LogP contribution >= 0.6 is 0 Å². The molecule has 0 aliphatic carbocycles. The lowest BCUT2D eigenvalue weighted by atomic mass is 10.2. The fourth-order valence-corrected chi connectivity index (χ4v) is 3.71. The van der Waals surface area contributed by atoms with Crippen LogP contribution in [0.15, 0.2) is 23.1 Å². The normalized spacial score (nSPS) is 17.3. The average molecular weight is 265 g/mol. The molecular formula is C12H15N3O2S. The molecule has 6 heteroatoms. The molecule has 0 amide bonds. The Hall–Kier alpha value is -1.58. The maximum atomic E-state index is 12.4. The van der Waals surface area contributed by atoms with Crippen LogP contribution in [0.4, 0.5) is 5.69 Å². The molecule has 1 aromatic carbocycles. The number of nitrogens with two attached hydrogens (primary N) is 1. The van der Waals surface area contributed by atoms with Gasteiger partial charge in [-0.1, -0.05) is 6.42 Å². The molecule has 0 unspecified atom stereocenters. The molecule has 0 saturated carbocycles. The number of rotatable bonds is 2. The van der Waals surface area contributed by atoms with Crippen LogP contribution in [0.25, 0.3) is 0 Å². The number of hydrogen-bond donors (Lipinski definition) is 1. The van der Waals surface area contributed by atoms with Crippen molar-refractivity contribution in [2.75, 3.05) is 18.8 Å². The zero-order valence-corrected chi connectivity index (χ0v) is 10.8. The van der Waals surface area contributed by atoms with Crippen molar-refractivity contribution in [3.63, 3.8) is 0 Å². The molecule has 96 valence electrons. The second-order valence-corrected chi connectivity index (χ2v) is 6.24. The Morgan fingerprint density at radius 2 is 1.89 bits per heavy atom. The van der Waals surface area contributed by atoms with E-state index in [1.165, 1.54) is 22.5 Å². The number of nitrogen functional groups attached to an aromatic ring is 1. The monoisotopic (exact) mass is 265 g/mol. The van der Waals surface area contributed by atoms with E-state index in [1.807, 2.05) is 6.07 Å². The summed E-state index contributed by atoms with van der Waals surface area (Å²) >= 11 is 0. The van der Waals surface area contributed by atoms with Crippen molar-refractivity contribution in [2.24, 2.45) is 0 Å². The molecule has 2 N–H and O–H groups in total. The highest BCUT2D eigenvalue weighted by atomic mass is 32.2. The molecule has 5 nitrogen and oxygen atoms in total. The predicted molar refractivity (Wildman–Crippen MR) is 68.2 cm³/mol. The molecule has 2 rings (SSSR count). The van der Waals surface area contributed by atoms with Crippen LogP contribution in [0.1, 0.15) is 24.8 Å². The largest absolute Gasteiger partial charge is 0.398 e. The van der Waals surface area contributed by atoms with E-state index >= 15 is 0 Å². The topological polar surface area (TPSA) is 87.2 Å². The Morgan fingerprint density at radius 3 is 2.44 bits per heavy atom. The van der Waals surface area contributed by atoms with Crippen LogP contribution in [0, 0.1) is 11.3 Å². The highest BCUT2D eigenvalue weighted by Crippen LogP contribution is 2.25. The molecule has 0 aromatic heterocycles. The maximum absolute atomic E-state index is 12.4. The number of sulfonamides is 1. The smallest absolute Gasteiger partial charge is 0.245 e. The third-order valence-electron chi connectivity index (χ3n) is 3.07. The van der Waals surface area contributed by atoms with Crippen molar-refractivity contribution in [2.45, 2.75) is 24.2 Å². The molecular weight excluding hydrogens is 250 g/mol. The Bertz CT molecular complexity index is 584. The molecule has 1 aromatic rings. The van der Waals surface area contributed by atoms with Gasteiger partial charge in [-0.05, 0) is 31.0 Å². The van der Waals surface area contributed by atoms with Crippen molar-refractivity contribution >= 4 is 15.7 Å². The van der Waals surface area contributed by atoms with Gasteiger partial charge in [0.05, 0.1) is 17.3 Å². The highest BCUT2D eigenvalue weighted by molar-refractivity contribution is 7.89. The standard InChI is InChI=1S/C12H15N3O2S/c13-9-10-4-5-12(11(14)8-10)18(16,17)15-6-2-1-3-7-15/h4-5,8H,1-3,6-7,14H2. The number of nitrogens with zero attached hydrogens (tertiary/aromatic N) is 2. The molecule has 1 heterocycles. The summed E-state index contributed by atoms with van der Waals surface area (Å²) < 4.78 is 26.2. The summed E-state index contributed by atoms with van der Waals surface area (Å²) in [7, 11) is -3.52. The van der Waals surface area contributed by atoms with Crippen molar-refractivity contribution < 1.29 is 8.42 Å². The van der Waals surface area contributed by atoms with Gasteiger partial charge < -0.3 is 5.73 Å². The molecule has 1 fully saturated rings. The van der Waals surface area contributed by atoms with Gasteiger partial charge in [0.15, 0.2) is 0 Å². The molecule has 0 spiro atoms. The first-order valence-electron chi connectivity index (χ1n) is 5.85. The molecule has 1 saturated heterocycles. The van der Waals surface area contributed by atoms with Gasteiger partial charge in [0.1, 0.15) is 4.90 Å². The Kier molecular flexibility index (Phi) is 3.55. The second-order valence-electron chi connectivity index (χ2n) is 4.33. The number of nitriles is 1. The van der Waals surface area contributed by atoms with E-state index in [2.05, 4.69) is 0 Å². The van der Waals surface area contributed by atoms with E-state index in [1.54, 1.807) is 0 Å². The predicted octanol–water partition coefficient (Wildman–Crippen LogP) is 1.32. The van der Waals surface area contributed by atoms with Gasteiger partial charge in [-0.2, -0.15) is 9.57 Å². The molecule has 0 radical (unpaired) electrons. The Balaban J connectivity index is 2.38. The average Bonchev–Trinajstić information content (AvgIpc) is 2.39. The van der Waals surface area contributed by atoms with Crippen molar-refractivity contribution in [1.82, 2.24) is 4.31 Å². The lowest BCUT2D eigenvalue weighted by Gasteiger charge is -2.26. The summed E-state index contributed by atoms with van der Waals surface area (Å²) in [5.41, 5.74) is 6.24.